The molecule has 8 nitrogen and oxygen atoms in total. The zero-order chi connectivity index (χ0) is 14.0. The zero-order valence-electron chi connectivity index (χ0n) is 10.0. The SMILES string of the molecule is Cn1ccc(NC(=O)c2cc(N)ccc2[N+](=O)[O-])n1. The summed E-state index contributed by atoms with van der Waals surface area (Å²) < 4.78 is 1.50. The highest BCUT2D eigenvalue weighted by Crippen LogP contribution is 2.22. The van der Waals surface area contributed by atoms with Crippen LogP contribution in [0.3, 0.4) is 0 Å². The van der Waals surface area contributed by atoms with Gasteiger partial charge in [-0.1, -0.05) is 0 Å². The van der Waals surface area contributed by atoms with Gasteiger partial charge in [-0.3, -0.25) is 19.6 Å². The van der Waals surface area contributed by atoms with Crippen molar-refractivity contribution in [2.45, 2.75) is 0 Å². The molecule has 1 amide bonds. The molecular formula is C11H11N5O3. The van der Waals surface area contributed by atoms with Gasteiger partial charge >= 0.3 is 0 Å². The molecule has 0 spiro atoms. The maximum Gasteiger partial charge on any atom is 0.282 e. The number of nitrogens with two attached hydrogens (primary N) is 1. The summed E-state index contributed by atoms with van der Waals surface area (Å²) in [6.07, 6.45) is 1.64. The first kappa shape index (κ1) is 12.6. The number of nitrogen functional groups attached to an aromatic ring is 1. The number of aromatic nitrogens is 2. The van der Waals surface area contributed by atoms with E-state index in [4.69, 9.17) is 5.73 Å². The van der Waals surface area contributed by atoms with Gasteiger partial charge in [0.2, 0.25) is 0 Å². The van der Waals surface area contributed by atoms with Crippen molar-refractivity contribution in [2.75, 3.05) is 11.1 Å². The molecule has 2 aromatic rings. The van der Waals surface area contributed by atoms with Gasteiger partial charge in [0.15, 0.2) is 5.82 Å². The van der Waals surface area contributed by atoms with Gasteiger partial charge in [0.25, 0.3) is 11.6 Å². The topological polar surface area (TPSA) is 116 Å². The molecular weight excluding hydrogens is 250 g/mol. The maximum atomic E-state index is 12.0. The van der Waals surface area contributed by atoms with Crippen molar-refractivity contribution in [3.05, 3.63) is 46.1 Å². The van der Waals surface area contributed by atoms with Crippen molar-refractivity contribution < 1.29 is 9.72 Å². The molecule has 0 unspecified atom stereocenters. The number of anilines is 2. The molecule has 0 aliphatic rings. The number of nitro benzene ring substituents is 1. The average molecular weight is 261 g/mol. The average Bonchev–Trinajstić information content (AvgIpc) is 2.74. The van der Waals surface area contributed by atoms with E-state index in [0.29, 0.717) is 5.82 Å². The molecule has 1 aromatic heterocycles. The van der Waals surface area contributed by atoms with Crippen molar-refractivity contribution in [2.24, 2.45) is 7.05 Å². The van der Waals surface area contributed by atoms with Gasteiger partial charge in [0.05, 0.1) is 4.92 Å². The van der Waals surface area contributed by atoms with Crippen molar-refractivity contribution in [1.29, 1.82) is 0 Å². The van der Waals surface area contributed by atoms with Gasteiger partial charge in [-0.15, -0.1) is 0 Å². The number of nitrogens with one attached hydrogen (secondary N) is 1. The van der Waals surface area contributed by atoms with E-state index < -0.39 is 10.8 Å². The standard InChI is InChI=1S/C11H11N5O3/c1-15-5-4-10(14-15)13-11(17)8-6-7(12)2-3-9(8)16(18)19/h2-6H,12H2,1H3,(H,13,14,17). The number of hydrogen-bond donors (Lipinski definition) is 2. The maximum absolute atomic E-state index is 12.0. The Morgan fingerprint density at radius 2 is 2.21 bits per heavy atom. The molecule has 2 rings (SSSR count). The van der Waals surface area contributed by atoms with Crippen LogP contribution in [0.25, 0.3) is 0 Å². The Kier molecular flexibility index (Phi) is 3.15. The highest BCUT2D eigenvalue weighted by atomic mass is 16.6. The lowest BCUT2D eigenvalue weighted by molar-refractivity contribution is -0.385. The van der Waals surface area contributed by atoms with E-state index in [1.54, 1.807) is 19.3 Å². The monoisotopic (exact) mass is 261 g/mol. The van der Waals surface area contributed by atoms with Crippen LogP contribution in [-0.4, -0.2) is 20.6 Å². The molecule has 1 heterocycles. The summed E-state index contributed by atoms with van der Waals surface area (Å²) in [4.78, 5) is 22.2. The summed E-state index contributed by atoms with van der Waals surface area (Å²) in [6.45, 7) is 0. The molecule has 8 heteroatoms. The fourth-order valence-corrected chi connectivity index (χ4v) is 1.56. The molecule has 0 aliphatic carbocycles. The lowest BCUT2D eigenvalue weighted by atomic mass is 10.1. The second-order valence-corrected chi connectivity index (χ2v) is 3.86. The summed E-state index contributed by atoms with van der Waals surface area (Å²) >= 11 is 0. The molecule has 3 N–H and O–H groups in total. The fraction of sp³-hybridized carbons (Fsp3) is 0.0909. The molecule has 0 saturated heterocycles. The Morgan fingerprint density at radius 3 is 2.79 bits per heavy atom. The smallest absolute Gasteiger partial charge is 0.282 e. The predicted octanol–water partition coefficient (Wildman–Crippen LogP) is 1.16. The quantitative estimate of drug-likeness (QED) is 0.488. The molecule has 0 aliphatic heterocycles. The minimum Gasteiger partial charge on any atom is -0.399 e. The number of benzene rings is 1. The molecule has 98 valence electrons. The van der Waals surface area contributed by atoms with Gasteiger partial charge in [0.1, 0.15) is 5.56 Å². The minimum atomic E-state index is -0.632. The van der Waals surface area contributed by atoms with Crippen molar-refractivity contribution in [3.63, 3.8) is 0 Å². The molecule has 1 aromatic carbocycles. The van der Waals surface area contributed by atoms with E-state index in [1.807, 2.05) is 0 Å². The number of aryl methyl sites for hydroxylation is 1. The Morgan fingerprint density at radius 1 is 1.47 bits per heavy atom. The number of carbonyl (C=O) groups excluding carboxylic acids is 1. The highest BCUT2D eigenvalue weighted by Gasteiger charge is 2.20. The van der Waals surface area contributed by atoms with Crippen molar-refractivity contribution in [1.82, 2.24) is 9.78 Å². The van der Waals surface area contributed by atoms with E-state index >= 15 is 0 Å². The number of nitro groups is 1. The largest absolute Gasteiger partial charge is 0.399 e. The van der Waals surface area contributed by atoms with Crippen LogP contribution in [0.5, 0.6) is 0 Å². The predicted molar refractivity (Wildman–Crippen MR) is 68.7 cm³/mol. The number of carbonyl (C=O) groups is 1. The van der Waals surface area contributed by atoms with E-state index in [2.05, 4.69) is 10.4 Å². The van der Waals surface area contributed by atoms with Crippen molar-refractivity contribution in [3.8, 4) is 0 Å². The lowest BCUT2D eigenvalue weighted by Crippen LogP contribution is -2.15. The summed E-state index contributed by atoms with van der Waals surface area (Å²) in [5, 5.41) is 17.3. The molecule has 19 heavy (non-hydrogen) atoms. The fourth-order valence-electron chi connectivity index (χ4n) is 1.56. The van der Waals surface area contributed by atoms with Crippen LogP contribution in [0, 0.1) is 10.1 Å². The van der Waals surface area contributed by atoms with Gasteiger partial charge in [-0.2, -0.15) is 5.10 Å². The summed E-state index contributed by atoms with van der Waals surface area (Å²) in [5.41, 5.74) is 5.41. The number of amides is 1. The Bertz CT molecular complexity index is 650. The van der Waals surface area contributed by atoms with Crippen LogP contribution in [0.1, 0.15) is 10.4 Å². The second kappa shape index (κ2) is 4.77. The van der Waals surface area contributed by atoms with Crippen LogP contribution in [-0.2, 0) is 7.05 Å². The lowest BCUT2D eigenvalue weighted by Gasteiger charge is -2.04. The van der Waals surface area contributed by atoms with Crippen LogP contribution >= 0.6 is 0 Å². The molecule has 0 saturated carbocycles. The molecule has 0 atom stereocenters. The Balaban J connectivity index is 2.32. The van der Waals surface area contributed by atoms with Gasteiger partial charge in [0, 0.05) is 31.1 Å². The first-order valence-electron chi connectivity index (χ1n) is 5.32. The normalized spacial score (nSPS) is 10.2. The van der Waals surface area contributed by atoms with Crippen molar-refractivity contribution >= 4 is 23.1 Å². The summed E-state index contributed by atoms with van der Waals surface area (Å²) in [7, 11) is 1.69. The molecule has 0 radical (unpaired) electrons. The van der Waals surface area contributed by atoms with E-state index in [0.717, 1.165) is 0 Å². The van der Waals surface area contributed by atoms with Crippen LogP contribution in [0.4, 0.5) is 17.2 Å². The third-order valence-electron chi connectivity index (χ3n) is 2.42. The zero-order valence-corrected chi connectivity index (χ0v) is 10.0. The second-order valence-electron chi connectivity index (χ2n) is 3.86. The first-order valence-corrected chi connectivity index (χ1v) is 5.32. The Hall–Kier alpha value is -2.90. The van der Waals surface area contributed by atoms with Crippen LogP contribution in [0.2, 0.25) is 0 Å². The summed E-state index contributed by atoms with van der Waals surface area (Å²) in [5.74, 6) is -0.318. The minimum absolute atomic E-state index is 0.101. The van der Waals surface area contributed by atoms with Crippen LogP contribution in [0.15, 0.2) is 30.5 Å². The van der Waals surface area contributed by atoms with Gasteiger partial charge < -0.3 is 11.1 Å². The highest BCUT2D eigenvalue weighted by molar-refractivity contribution is 6.07. The van der Waals surface area contributed by atoms with Gasteiger partial charge in [-0.25, -0.2) is 0 Å². The van der Waals surface area contributed by atoms with E-state index in [9.17, 15) is 14.9 Å². The number of rotatable bonds is 3. The van der Waals surface area contributed by atoms with Crippen LogP contribution < -0.4 is 11.1 Å². The third kappa shape index (κ3) is 2.68. The number of hydrogen-bond acceptors (Lipinski definition) is 5. The number of nitrogens with zero attached hydrogens (tertiary/aromatic N) is 3. The van der Waals surface area contributed by atoms with E-state index in [1.165, 1.54) is 22.9 Å². The van der Waals surface area contributed by atoms with Gasteiger partial charge in [-0.05, 0) is 12.1 Å². The van der Waals surface area contributed by atoms with E-state index in [-0.39, 0.29) is 16.9 Å². The first-order chi connectivity index (χ1) is 8.97. The molecule has 0 bridgehead atoms. The summed E-state index contributed by atoms with van der Waals surface area (Å²) in [6, 6.07) is 5.41. The third-order valence-corrected chi connectivity index (χ3v) is 2.42. The molecule has 0 fully saturated rings. The Labute approximate surface area is 108 Å².